The predicted molar refractivity (Wildman–Crippen MR) is 54.4 cm³/mol. The molecule has 0 bridgehead atoms. The third-order valence-electron chi connectivity index (χ3n) is 2.42. The quantitative estimate of drug-likeness (QED) is 0.343. The third kappa shape index (κ3) is 2.57. The first kappa shape index (κ1) is 15.9. The van der Waals surface area contributed by atoms with Gasteiger partial charge in [-0.05, 0) is 11.6 Å². The molecule has 0 radical (unpaired) electrons. The van der Waals surface area contributed by atoms with Gasteiger partial charge >= 0.3 is 17.8 Å². The number of hydrogen-bond acceptors (Lipinski definition) is 5. The van der Waals surface area contributed by atoms with Crippen molar-refractivity contribution in [2.45, 2.75) is 18.1 Å². The first-order valence-corrected chi connectivity index (χ1v) is 4.80. The molecule has 0 aromatic heterocycles. The molecular weight excluding hydrogens is 295 g/mol. The van der Waals surface area contributed by atoms with Crippen LogP contribution in [0.3, 0.4) is 0 Å². The minimum absolute atomic E-state index is 0.235. The van der Waals surface area contributed by atoms with Crippen molar-refractivity contribution in [1.82, 2.24) is 0 Å². The lowest BCUT2D eigenvalue weighted by Gasteiger charge is -2.25. The van der Waals surface area contributed by atoms with Crippen LogP contribution in [0.1, 0.15) is 11.6 Å². The van der Waals surface area contributed by atoms with E-state index in [1.807, 2.05) is 0 Å². The average Bonchev–Trinajstić information content (AvgIpc) is 2.29. The van der Waals surface area contributed by atoms with Crippen molar-refractivity contribution >= 4 is 5.69 Å². The highest BCUT2D eigenvalue weighted by Crippen LogP contribution is 2.46. The van der Waals surface area contributed by atoms with Gasteiger partial charge in [0.2, 0.25) is 5.75 Å². The topological polar surface area (TPSA) is 110 Å². The lowest BCUT2D eigenvalue weighted by atomic mass is 9.99. The van der Waals surface area contributed by atoms with Gasteiger partial charge in [0.15, 0.2) is 5.75 Å². The number of nitrogens with two attached hydrogens (primary N) is 1. The second kappa shape index (κ2) is 4.74. The number of halogens is 5. The maximum absolute atomic E-state index is 13.0. The molecule has 0 aliphatic rings. The molecule has 6 nitrogen and oxygen atoms in total. The van der Waals surface area contributed by atoms with Crippen molar-refractivity contribution in [1.29, 1.82) is 0 Å². The molecule has 0 saturated carbocycles. The maximum atomic E-state index is 13.0. The number of benzene rings is 1. The van der Waals surface area contributed by atoms with Gasteiger partial charge in [-0.2, -0.15) is 22.0 Å². The van der Waals surface area contributed by atoms with E-state index in [9.17, 15) is 32.1 Å². The Morgan fingerprint density at radius 2 is 1.70 bits per heavy atom. The van der Waals surface area contributed by atoms with Crippen molar-refractivity contribution in [2.75, 3.05) is 0 Å². The van der Waals surface area contributed by atoms with Crippen LogP contribution >= 0.6 is 0 Å². The highest BCUT2D eigenvalue weighted by Gasteiger charge is 2.61. The Hall–Kier alpha value is -2.17. The SMILES string of the molecule is N[C@H](c1cc(O)c(O)c([N+](=O)[O-])c1)C(F)(F)C(F)(F)F. The molecule has 1 aromatic carbocycles. The first-order chi connectivity index (χ1) is 8.89. The van der Waals surface area contributed by atoms with Gasteiger partial charge in [0.1, 0.15) is 6.04 Å². The van der Waals surface area contributed by atoms with E-state index in [4.69, 9.17) is 15.9 Å². The number of rotatable bonds is 3. The van der Waals surface area contributed by atoms with E-state index >= 15 is 0 Å². The van der Waals surface area contributed by atoms with Gasteiger partial charge in [0, 0.05) is 6.07 Å². The Kier molecular flexibility index (Phi) is 3.76. The molecule has 11 heteroatoms. The van der Waals surface area contributed by atoms with Gasteiger partial charge in [0.25, 0.3) is 0 Å². The number of aromatic hydroxyl groups is 2. The minimum Gasteiger partial charge on any atom is -0.504 e. The zero-order chi connectivity index (χ0) is 15.9. The number of hydrogen-bond donors (Lipinski definition) is 3. The Balaban J connectivity index is 3.38. The molecule has 0 spiro atoms. The fourth-order valence-electron chi connectivity index (χ4n) is 1.33. The van der Waals surface area contributed by atoms with Crippen LogP contribution in [-0.2, 0) is 0 Å². The lowest BCUT2D eigenvalue weighted by molar-refractivity contribution is -0.386. The summed E-state index contributed by atoms with van der Waals surface area (Å²) in [5.74, 6) is -7.87. The van der Waals surface area contributed by atoms with Crippen LogP contribution in [-0.4, -0.2) is 27.2 Å². The van der Waals surface area contributed by atoms with Gasteiger partial charge < -0.3 is 15.9 Å². The number of phenols is 2. The van der Waals surface area contributed by atoms with Gasteiger partial charge in [0.05, 0.1) is 4.92 Å². The zero-order valence-corrected chi connectivity index (χ0v) is 9.36. The second-order valence-corrected chi connectivity index (χ2v) is 3.76. The van der Waals surface area contributed by atoms with Gasteiger partial charge in [-0.1, -0.05) is 0 Å². The molecule has 0 fully saturated rings. The molecule has 0 saturated heterocycles. The third-order valence-corrected chi connectivity index (χ3v) is 2.42. The molecule has 4 N–H and O–H groups in total. The largest absolute Gasteiger partial charge is 0.504 e. The normalized spacial score (nSPS) is 14.1. The van der Waals surface area contributed by atoms with Gasteiger partial charge in [-0.15, -0.1) is 0 Å². The second-order valence-electron chi connectivity index (χ2n) is 3.76. The Bertz CT molecular complexity index is 546. The van der Waals surface area contributed by atoms with Crippen LogP contribution in [0.4, 0.5) is 27.6 Å². The fourth-order valence-corrected chi connectivity index (χ4v) is 1.33. The summed E-state index contributed by atoms with van der Waals surface area (Å²) < 4.78 is 62.4. The Morgan fingerprint density at radius 3 is 2.10 bits per heavy atom. The zero-order valence-electron chi connectivity index (χ0n) is 9.36. The molecule has 0 heterocycles. The Morgan fingerprint density at radius 1 is 1.20 bits per heavy atom. The van der Waals surface area contributed by atoms with E-state index in [2.05, 4.69) is 0 Å². The van der Waals surface area contributed by atoms with Crippen LogP contribution in [0.25, 0.3) is 0 Å². The fraction of sp³-hybridized carbons (Fsp3) is 0.333. The summed E-state index contributed by atoms with van der Waals surface area (Å²) in [5.41, 5.74) is 2.47. The number of alkyl halides is 5. The van der Waals surface area contributed by atoms with Crippen molar-refractivity contribution in [3.63, 3.8) is 0 Å². The summed E-state index contributed by atoms with van der Waals surface area (Å²) >= 11 is 0. The maximum Gasteiger partial charge on any atom is 0.455 e. The summed E-state index contributed by atoms with van der Waals surface area (Å²) in [7, 11) is 0. The minimum atomic E-state index is -5.98. The lowest BCUT2D eigenvalue weighted by Crippen LogP contribution is -2.45. The first-order valence-electron chi connectivity index (χ1n) is 4.80. The summed E-state index contributed by atoms with van der Waals surface area (Å²) in [6, 6.07) is -2.45. The molecule has 112 valence electrons. The van der Waals surface area contributed by atoms with E-state index in [0.717, 1.165) is 0 Å². The molecule has 20 heavy (non-hydrogen) atoms. The summed E-state index contributed by atoms with van der Waals surface area (Å²) in [6.07, 6.45) is -5.98. The standard InChI is InChI=1S/C9H7F5N2O4/c10-8(11,9(12,13)14)7(15)3-1-4(16(19)20)6(18)5(17)2-3/h1-2,7,17-18H,15H2/t7-/m1/s1. The summed E-state index contributed by atoms with van der Waals surface area (Å²) in [6.45, 7) is 0. The monoisotopic (exact) mass is 302 g/mol. The van der Waals surface area contributed by atoms with Crippen LogP contribution < -0.4 is 5.73 Å². The molecule has 0 amide bonds. The van der Waals surface area contributed by atoms with Gasteiger partial charge in [-0.3, -0.25) is 10.1 Å². The van der Waals surface area contributed by atoms with Crippen LogP contribution in [0.5, 0.6) is 11.5 Å². The predicted octanol–water partition coefficient (Wildman–Crippen LogP) is 2.20. The molecular formula is C9H7F5N2O4. The van der Waals surface area contributed by atoms with Crippen LogP contribution in [0.2, 0.25) is 0 Å². The van der Waals surface area contributed by atoms with Gasteiger partial charge in [-0.25, -0.2) is 0 Å². The molecule has 0 aliphatic heterocycles. The average molecular weight is 302 g/mol. The number of nitrogens with zero attached hydrogens (tertiary/aromatic N) is 1. The molecule has 0 unspecified atom stereocenters. The van der Waals surface area contributed by atoms with Crippen LogP contribution in [0.15, 0.2) is 12.1 Å². The smallest absolute Gasteiger partial charge is 0.455 e. The molecule has 1 rings (SSSR count). The van der Waals surface area contributed by atoms with Crippen molar-refractivity contribution in [2.24, 2.45) is 5.73 Å². The van der Waals surface area contributed by atoms with Crippen LogP contribution in [0, 0.1) is 10.1 Å². The van der Waals surface area contributed by atoms with Crippen molar-refractivity contribution in [3.05, 3.63) is 27.8 Å². The van der Waals surface area contributed by atoms with Crippen molar-refractivity contribution < 1.29 is 37.1 Å². The summed E-state index contributed by atoms with van der Waals surface area (Å²) in [4.78, 5) is 9.21. The van der Waals surface area contributed by atoms with Crippen molar-refractivity contribution in [3.8, 4) is 11.5 Å². The molecule has 1 atom stereocenters. The summed E-state index contributed by atoms with van der Waals surface area (Å²) in [5, 5.41) is 28.7. The molecule has 0 aliphatic carbocycles. The van der Waals surface area contributed by atoms with E-state index in [-0.39, 0.29) is 6.07 Å². The van der Waals surface area contributed by atoms with E-state index in [0.29, 0.717) is 6.07 Å². The Labute approximate surface area is 107 Å². The van der Waals surface area contributed by atoms with E-state index in [1.165, 1.54) is 0 Å². The highest BCUT2D eigenvalue weighted by molar-refractivity contribution is 5.57. The molecule has 1 aromatic rings. The number of nitro groups is 1. The number of phenolic OH excluding ortho intramolecular Hbond substituents is 2. The van der Waals surface area contributed by atoms with E-state index < -0.39 is 45.8 Å². The highest BCUT2D eigenvalue weighted by atomic mass is 19.4. The number of nitro benzene ring substituents is 1. The van der Waals surface area contributed by atoms with E-state index in [1.54, 1.807) is 0 Å².